The van der Waals surface area contributed by atoms with Gasteiger partial charge >= 0.3 is 0 Å². The molecule has 0 saturated heterocycles. The first kappa shape index (κ1) is 10.3. The van der Waals surface area contributed by atoms with E-state index < -0.39 is 0 Å². The van der Waals surface area contributed by atoms with Gasteiger partial charge in [-0.1, -0.05) is 6.92 Å². The van der Waals surface area contributed by atoms with Gasteiger partial charge in [-0.2, -0.15) is 22.7 Å². The third-order valence-electron chi connectivity index (χ3n) is 2.03. The number of hydrogen-bond acceptors (Lipinski definition) is 3. The highest BCUT2D eigenvalue weighted by Crippen LogP contribution is 2.37. The van der Waals surface area contributed by atoms with Gasteiger partial charge in [0, 0.05) is 0 Å². The Morgan fingerprint density at radius 2 is 1.71 bits per heavy atom. The number of rotatable bonds is 4. The molecule has 0 aliphatic heterocycles. The maximum Gasteiger partial charge on any atom is 0.0562 e. The second kappa shape index (κ2) is 5.01. The van der Waals surface area contributed by atoms with Crippen LogP contribution in [0.4, 0.5) is 0 Å². The maximum atomic E-state index is 2.25. The number of thioether (sulfide) groups is 1. The molecule has 2 heterocycles. The molecule has 2 aromatic heterocycles. The Morgan fingerprint density at radius 1 is 1.14 bits per heavy atom. The molecule has 3 heteroatoms. The molecule has 0 aromatic carbocycles. The molecule has 0 bridgehead atoms. The van der Waals surface area contributed by atoms with E-state index in [0.717, 1.165) is 5.75 Å². The molecule has 0 N–H and O–H groups in total. The second-order valence-corrected chi connectivity index (χ2v) is 5.89. The Labute approximate surface area is 97.0 Å². The van der Waals surface area contributed by atoms with Gasteiger partial charge in [0.25, 0.3) is 0 Å². The lowest BCUT2D eigenvalue weighted by Crippen LogP contribution is -1.93. The Balaban J connectivity index is 2.25. The number of thiophene rings is 2. The van der Waals surface area contributed by atoms with Gasteiger partial charge in [0.1, 0.15) is 0 Å². The molecule has 0 radical (unpaired) electrons. The zero-order valence-electron chi connectivity index (χ0n) is 7.97. The van der Waals surface area contributed by atoms with Gasteiger partial charge in [-0.3, -0.25) is 0 Å². The van der Waals surface area contributed by atoms with E-state index in [0.29, 0.717) is 5.25 Å². The summed E-state index contributed by atoms with van der Waals surface area (Å²) in [5.41, 5.74) is 2.89. The van der Waals surface area contributed by atoms with E-state index >= 15 is 0 Å². The summed E-state index contributed by atoms with van der Waals surface area (Å²) in [6, 6.07) is 4.46. The first-order valence-corrected chi connectivity index (χ1v) is 7.51. The number of hydrogen-bond donors (Lipinski definition) is 0. The summed E-state index contributed by atoms with van der Waals surface area (Å²) in [4.78, 5) is 0. The minimum atomic E-state index is 0.539. The summed E-state index contributed by atoms with van der Waals surface area (Å²) in [5.74, 6) is 1.16. The molecule has 2 rings (SSSR count). The highest BCUT2D eigenvalue weighted by Gasteiger charge is 2.14. The maximum absolute atomic E-state index is 2.25. The van der Waals surface area contributed by atoms with Crippen molar-refractivity contribution in [1.82, 2.24) is 0 Å². The fourth-order valence-corrected chi connectivity index (χ4v) is 3.96. The lowest BCUT2D eigenvalue weighted by atomic mass is 10.1. The molecule has 0 atom stereocenters. The predicted octanol–water partition coefficient (Wildman–Crippen LogP) is 4.65. The first-order valence-electron chi connectivity index (χ1n) is 4.57. The summed E-state index contributed by atoms with van der Waals surface area (Å²) >= 11 is 5.57. The minimum Gasteiger partial charge on any atom is -0.152 e. The third kappa shape index (κ3) is 2.22. The van der Waals surface area contributed by atoms with Crippen molar-refractivity contribution >= 4 is 34.4 Å². The summed E-state index contributed by atoms with van der Waals surface area (Å²) in [5, 5.41) is 9.36. The van der Waals surface area contributed by atoms with Crippen molar-refractivity contribution in [3.63, 3.8) is 0 Å². The van der Waals surface area contributed by atoms with Crippen LogP contribution in [0.25, 0.3) is 0 Å². The molecule has 2 aromatic rings. The summed E-state index contributed by atoms with van der Waals surface area (Å²) in [6.07, 6.45) is 0. The van der Waals surface area contributed by atoms with E-state index in [9.17, 15) is 0 Å². The van der Waals surface area contributed by atoms with Crippen LogP contribution in [0.15, 0.2) is 33.7 Å². The van der Waals surface area contributed by atoms with Crippen LogP contribution in [0.1, 0.15) is 23.3 Å². The van der Waals surface area contributed by atoms with Crippen molar-refractivity contribution in [2.75, 3.05) is 5.75 Å². The van der Waals surface area contributed by atoms with Crippen LogP contribution in [-0.4, -0.2) is 5.75 Å². The van der Waals surface area contributed by atoms with Crippen LogP contribution >= 0.6 is 34.4 Å². The second-order valence-electron chi connectivity index (χ2n) is 2.95. The average Bonchev–Trinajstić information content (AvgIpc) is 2.87. The fourth-order valence-electron chi connectivity index (χ4n) is 1.40. The topological polar surface area (TPSA) is 0 Å². The van der Waals surface area contributed by atoms with E-state index in [2.05, 4.69) is 40.6 Å². The molecule has 0 nitrogen and oxygen atoms in total. The molecule has 0 aliphatic carbocycles. The molecular formula is C11H12S3. The van der Waals surface area contributed by atoms with Crippen LogP contribution in [0.2, 0.25) is 0 Å². The van der Waals surface area contributed by atoms with Crippen LogP contribution < -0.4 is 0 Å². The van der Waals surface area contributed by atoms with Crippen LogP contribution in [0.3, 0.4) is 0 Å². The summed E-state index contributed by atoms with van der Waals surface area (Å²) in [7, 11) is 0. The van der Waals surface area contributed by atoms with Gasteiger partial charge in [0.05, 0.1) is 5.25 Å². The highest BCUT2D eigenvalue weighted by atomic mass is 32.2. The van der Waals surface area contributed by atoms with Crippen molar-refractivity contribution in [2.45, 2.75) is 12.2 Å². The Kier molecular flexibility index (Phi) is 3.67. The predicted molar refractivity (Wildman–Crippen MR) is 68.6 cm³/mol. The Hall–Kier alpha value is -0.250. The van der Waals surface area contributed by atoms with Crippen molar-refractivity contribution in [2.24, 2.45) is 0 Å². The Bertz CT molecular complexity index is 314. The van der Waals surface area contributed by atoms with Gasteiger partial charge in [-0.25, -0.2) is 0 Å². The van der Waals surface area contributed by atoms with E-state index in [1.54, 1.807) is 22.7 Å². The van der Waals surface area contributed by atoms with Crippen molar-refractivity contribution < 1.29 is 0 Å². The van der Waals surface area contributed by atoms with Gasteiger partial charge in [-0.05, 0) is 50.5 Å². The van der Waals surface area contributed by atoms with Gasteiger partial charge in [0.2, 0.25) is 0 Å². The summed E-state index contributed by atoms with van der Waals surface area (Å²) < 4.78 is 0. The van der Waals surface area contributed by atoms with Crippen LogP contribution in [0, 0.1) is 0 Å². The standard InChI is InChI=1S/C11H12S3/c1-2-14-11(9-3-5-12-7-9)10-4-6-13-8-10/h3-8,11H,2H2,1H3. The van der Waals surface area contributed by atoms with Gasteiger partial charge in [0.15, 0.2) is 0 Å². The summed E-state index contributed by atoms with van der Waals surface area (Å²) in [6.45, 7) is 2.22. The average molecular weight is 240 g/mol. The molecule has 0 amide bonds. The molecule has 0 saturated carbocycles. The molecule has 14 heavy (non-hydrogen) atoms. The normalized spacial score (nSPS) is 11.0. The monoisotopic (exact) mass is 240 g/mol. The van der Waals surface area contributed by atoms with Gasteiger partial charge in [-0.15, -0.1) is 11.8 Å². The molecule has 0 spiro atoms. The van der Waals surface area contributed by atoms with E-state index in [4.69, 9.17) is 0 Å². The molecule has 0 aliphatic rings. The Morgan fingerprint density at radius 3 is 2.07 bits per heavy atom. The van der Waals surface area contributed by atoms with Crippen LogP contribution in [0.5, 0.6) is 0 Å². The minimum absolute atomic E-state index is 0.539. The third-order valence-corrected chi connectivity index (χ3v) is 4.64. The largest absolute Gasteiger partial charge is 0.152 e. The molecule has 0 fully saturated rings. The SMILES string of the molecule is CCSC(c1ccsc1)c1ccsc1. The zero-order chi connectivity index (χ0) is 9.80. The van der Waals surface area contributed by atoms with Gasteiger partial charge < -0.3 is 0 Å². The van der Waals surface area contributed by atoms with E-state index in [1.807, 2.05) is 11.8 Å². The van der Waals surface area contributed by atoms with E-state index in [-0.39, 0.29) is 0 Å². The van der Waals surface area contributed by atoms with E-state index in [1.165, 1.54) is 11.1 Å². The lowest BCUT2D eigenvalue weighted by Gasteiger charge is -2.12. The quantitative estimate of drug-likeness (QED) is 0.749. The first-order chi connectivity index (χ1) is 6.92. The fraction of sp³-hybridized carbons (Fsp3) is 0.273. The highest BCUT2D eigenvalue weighted by molar-refractivity contribution is 7.99. The van der Waals surface area contributed by atoms with Crippen LogP contribution in [-0.2, 0) is 0 Å². The molecular weight excluding hydrogens is 228 g/mol. The molecule has 74 valence electrons. The van der Waals surface area contributed by atoms with Crippen molar-refractivity contribution in [3.8, 4) is 0 Å². The van der Waals surface area contributed by atoms with Crippen molar-refractivity contribution in [3.05, 3.63) is 44.8 Å². The smallest absolute Gasteiger partial charge is 0.0562 e. The van der Waals surface area contributed by atoms with Crippen molar-refractivity contribution in [1.29, 1.82) is 0 Å². The zero-order valence-corrected chi connectivity index (χ0v) is 10.4. The molecule has 0 unspecified atom stereocenters. The lowest BCUT2D eigenvalue weighted by molar-refractivity contribution is 1.18.